The molecule has 194 valence electrons. The third-order valence-electron chi connectivity index (χ3n) is 7.09. The molecule has 1 amide bonds. The fourth-order valence-corrected chi connectivity index (χ4v) is 6.37. The smallest absolute Gasteiger partial charge is 0.408 e. The highest BCUT2D eigenvalue weighted by Crippen LogP contribution is 2.52. The van der Waals surface area contributed by atoms with Gasteiger partial charge in [-0.15, -0.1) is 0 Å². The van der Waals surface area contributed by atoms with Crippen molar-refractivity contribution in [2.45, 2.75) is 61.6 Å². The summed E-state index contributed by atoms with van der Waals surface area (Å²) in [6, 6.07) is 13.9. The summed E-state index contributed by atoms with van der Waals surface area (Å²) < 4.78 is 5.61. The van der Waals surface area contributed by atoms with Crippen LogP contribution in [0.5, 0.6) is 0 Å². The van der Waals surface area contributed by atoms with Crippen LogP contribution in [0.15, 0.2) is 64.8 Å². The molecule has 1 aromatic heterocycles. The highest BCUT2D eigenvalue weighted by molar-refractivity contribution is 7.99. The lowest BCUT2D eigenvalue weighted by Crippen LogP contribution is -2.47. The molecule has 2 aliphatic rings. The summed E-state index contributed by atoms with van der Waals surface area (Å²) >= 11 is 7.77. The van der Waals surface area contributed by atoms with Crippen molar-refractivity contribution in [3.63, 3.8) is 0 Å². The van der Waals surface area contributed by atoms with Crippen LogP contribution in [0, 0.1) is 5.41 Å². The topological polar surface area (TPSA) is 93.4 Å². The summed E-state index contributed by atoms with van der Waals surface area (Å²) in [5.74, 6) is 0.852. The number of benzene rings is 2. The summed E-state index contributed by atoms with van der Waals surface area (Å²) in [4.78, 5) is 25.2. The minimum atomic E-state index is -0.541. The molecule has 0 saturated carbocycles. The number of alkyl carbamates (subject to hydrolysis) is 1. The summed E-state index contributed by atoms with van der Waals surface area (Å²) in [5, 5.41) is 4.51. The molecule has 37 heavy (non-hydrogen) atoms. The van der Waals surface area contributed by atoms with Gasteiger partial charge >= 0.3 is 6.09 Å². The van der Waals surface area contributed by atoms with Crippen molar-refractivity contribution in [3.8, 4) is 0 Å². The number of anilines is 2. The number of hydrogen-bond donors (Lipinski definition) is 2. The number of rotatable bonds is 4. The molecule has 7 nitrogen and oxygen atoms in total. The number of nitrogens with two attached hydrogens (primary N) is 1. The van der Waals surface area contributed by atoms with Crippen LogP contribution < -0.4 is 16.0 Å². The molecule has 1 aliphatic carbocycles. The van der Waals surface area contributed by atoms with E-state index in [9.17, 15) is 4.79 Å². The van der Waals surface area contributed by atoms with E-state index in [4.69, 9.17) is 27.1 Å². The van der Waals surface area contributed by atoms with Gasteiger partial charge in [0, 0.05) is 23.4 Å². The van der Waals surface area contributed by atoms with E-state index in [1.54, 1.807) is 12.3 Å². The van der Waals surface area contributed by atoms with E-state index in [1.165, 1.54) is 22.9 Å². The van der Waals surface area contributed by atoms with E-state index in [0.717, 1.165) is 48.1 Å². The summed E-state index contributed by atoms with van der Waals surface area (Å²) in [5.41, 5.74) is 8.38. The fourth-order valence-electron chi connectivity index (χ4n) is 5.34. The van der Waals surface area contributed by atoms with Crippen LogP contribution in [-0.4, -0.2) is 34.8 Å². The van der Waals surface area contributed by atoms with Crippen molar-refractivity contribution >= 4 is 41.0 Å². The number of halogens is 1. The van der Waals surface area contributed by atoms with E-state index in [0.29, 0.717) is 10.7 Å². The average Bonchev–Trinajstić information content (AvgIpc) is 3.14. The van der Waals surface area contributed by atoms with Crippen LogP contribution in [0.4, 0.5) is 16.3 Å². The molecule has 1 spiro atoms. The molecule has 1 saturated heterocycles. The SMILES string of the molecule is CC(C)(C)OC(=O)N[C@@H]1c2ccccc2CC12CCN(c1cnc(Sc3cccc(N)c3Cl)cn1)CC2. The Hall–Kier alpha value is -2.97. The first-order chi connectivity index (χ1) is 17.6. The third kappa shape index (κ3) is 5.50. The van der Waals surface area contributed by atoms with Gasteiger partial charge in [0.15, 0.2) is 0 Å². The number of nitrogens with zero attached hydrogens (tertiary/aromatic N) is 3. The van der Waals surface area contributed by atoms with Gasteiger partial charge in [0.1, 0.15) is 16.4 Å². The normalized spacial score (nSPS) is 18.5. The van der Waals surface area contributed by atoms with Crippen molar-refractivity contribution in [1.82, 2.24) is 15.3 Å². The summed E-state index contributed by atoms with van der Waals surface area (Å²) in [6.07, 6.45) is 6.04. The number of fused-ring (bicyclic) bond motifs is 1. The lowest BCUT2D eigenvalue weighted by Gasteiger charge is -2.43. The second-order valence-electron chi connectivity index (χ2n) is 10.8. The van der Waals surface area contributed by atoms with E-state index in [1.807, 2.05) is 45.2 Å². The molecule has 3 aromatic rings. The number of nitrogens with one attached hydrogen (secondary N) is 1. The zero-order valence-corrected chi connectivity index (χ0v) is 22.9. The number of carbonyl (C=O) groups excluding carboxylic acids is 1. The largest absolute Gasteiger partial charge is 0.444 e. The van der Waals surface area contributed by atoms with Crippen molar-refractivity contribution in [2.24, 2.45) is 5.41 Å². The fraction of sp³-hybridized carbons (Fsp3) is 0.393. The Balaban J connectivity index is 1.28. The number of amides is 1. The highest BCUT2D eigenvalue weighted by Gasteiger charge is 2.48. The summed E-state index contributed by atoms with van der Waals surface area (Å²) in [6.45, 7) is 7.33. The van der Waals surface area contributed by atoms with Gasteiger partial charge in [-0.2, -0.15) is 0 Å². The Labute approximate surface area is 227 Å². The van der Waals surface area contributed by atoms with Crippen LogP contribution in [0.1, 0.15) is 50.8 Å². The van der Waals surface area contributed by atoms with Gasteiger partial charge in [0.2, 0.25) is 0 Å². The molecule has 1 aliphatic heterocycles. The molecule has 5 rings (SSSR count). The molecule has 0 bridgehead atoms. The monoisotopic (exact) mass is 537 g/mol. The lowest BCUT2D eigenvalue weighted by molar-refractivity contribution is 0.0428. The number of hydrogen-bond acceptors (Lipinski definition) is 7. The molecule has 9 heteroatoms. The molecular weight excluding hydrogens is 506 g/mol. The Morgan fingerprint density at radius 1 is 1.14 bits per heavy atom. The van der Waals surface area contributed by atoms with Crippen molar-refractivity contribution < 1.29 is 9.53 Å². The second kappa shape index (κ2) is 10.1. The standard InChI is InChI=1S/C28H32ClN5O2S/c1-27(2,3)36-26(35)33-25-19-8-5-4-7-18(19)15-28(25)11-13-34(14-12-28)22-16-32-23(17-31-22)37-21-10-6-9-20(30)24(21)29/h4-10,16-17,25H,11-15,30H2,1-3H3,(H,33,35)/t25-/m1/s1. The van der Waals surface area contributed by atoms with Gasteiger partial charge in [0.05, 0.1) is 29.1 Å². The first-order valence-corrected chi connectivity index (χ1v) is 13.7. The molecule has 0 unspecified atom stereocenters. The van der Waals surface area contributed by atoms with E-state index in [2.05, 4.69) is 33.4 Å². The average molecular weight is 538 g/mol. The van der Waals surface area contributed by atoms with Crippen LogP contribution in [0.3, 0.4) is 0 Å². The summed E-state index contributed by atoms with van der Waals surface area (Å²) in [7, 11) is 0. The van der Waals surface area contributed by atoms with E-state index < -0.39 is 5.60 Å². The highest BCUT2D eigenvalue weighted by atomic mass is 35.5. The van der Waals surface area contributed by atoms with E-state index in [-0.39, 0.29) is 17.6 Å². The molecule has 0 radical (unpaired) electrons. The number of nitrogen functional groups attached to an aromatic ring is 1. The molecule has 3 N–H and O–H groups in total. The predicted octanol–water partition coefficient (Wildman–Crippen LogP) is 6.27. The molecular formula is C28H32ClN5O2S. The minimum Gasteiger partial charge on any atom is -0.444 e. The first-order valence-electron chi connectivity index (χ1n) is 12.5. The van der Waals surface area contributed by atoms with Gasteiger partial charge < -0.3 is 20.7 Å². The Morgan fingerprint density at radius 2 is 1.89 bits per heavy atom. The Kier molecular flexibility index (Phi) is 6.98. The Morgan fingerprint density at radius 3 is 2.59 bits per heavy atom. The van der Waals surface area contributed by atoms with Crippen molar-refractivity contribution in [3.05, 3.63) is 71.0 Å². The first kappa shape index (κ1) is 25.7. The maximum Gasteiger partial charge on any atom is 0.408 e. The molecule has 2 aromatic carbocycles. The number of aromatic nitrogens is 2. The van der Waals surface area contributed by atoms with Gasteiger partial charge in [-0.1, -0.05) is 53.7 Å². The second-order valence-corrected chi connectivity index (χ2v) is 12.2. The maximum absolute atomic E-state index is 12.8. The lowest BCUT2D eigenvalue weighted by atomic mass is 9.72. The van der Waals surface area contributed by atoms with Crippen LogP contribution >= 0.6 is 23.4 Å². The van der Waals surface area contributed by atoms with Crippen LogP contribution in [0.2, 0.25) is 5.02 Å². The van der Waals surface area contributed by atoms with Crippen LogP contribution in [-0.2, 0) is 11.2 Å². The van der Waals surface area contributed by atoms with Gasteiger partial charge in [0.25, 0.3) is 0 Å². The minimum absolute atomic E-state index is 0.0513. The van der Waals surface area contributed by atoms with Crippen molar-refractivity contribution in [1.29, 1.82) is 0 Å². The third-order valence-corrected chi connectivity index (χ3v) is 8.60. The number of piperidine rings is 1. The molecule has 2 heterocycles. The van der Waals surface area contributed by atoms with Gasteiger partial charge in [-0.25, -0.2) is 14.8 Å². The number of ether oxygens (including phenoxy) is 1. The maximum atomic E-state index is 12.8. The van der Waals surface area contributed by atoms with Gasteiger partial charge in [-0.05, 0) is 63.3 Å². The Bertz CT molecular complexity index is 1290. The van der Waals surface area contributed by atoms with E-state index >= 15 is 0 Å². The zero-order chi connectivity index (χ0) is 26.2. The number of carbonyl (C=O) groups is 1. The van der Waals surface area contributed by atoms with Crippen molar-refractivity contribution in [2.75, 3.05) is 23.7 Å². The quantitative estimate of drug-likeness (QED) is 0.379. The van der Waals surface area contributed by atoms with Gasteiger partial charge in [-0.3, -0.25) is 0 Å². The molecule has 1 atom stereocenters. The zero-order valence-electron chi connectivity index (χ0n) is 21.3. The predicted molar refractivity (Wildman–Crippen MR) is 148 cm³/mol. The van der Waals surface area contributed by atoms with Crippen LogP contribution in [0.25, 0.3) is 0 Å². The molecule has 1 fully saturated rings.